The second-order valence-electron chi connectivity index (χ2n) is 5.25. The normalized spacial score (nSPS) is 12.9. The Morgan fingerprint density at radius 2 is 2.05 bits per heavy atom. The van der Waals surface area contributed by atoms with Gasteiger partial charge in [-0.25, -0.2) is 0 Å². The minimum Gasteiger partial charge on any atom is -0.460 e. The van der Waals surface area contributed by atoms with E-state index in [0.717, 1.165) is 24.3 Å². The smallest absolute Gasteiger partial charge is 0.134 e. The molecule has 0 spiro atoms. The molecule has 3 rings (SSSR count). The van der Waals surface area contributed by atoms with Crippen molar-refractivity contribution < 1.29 is 4.42 Å². The molecule has 1 N–H and O–H groups in total. The summed E-state index contributed by atoms with van der Waals surface area (Å²) in [5, 5.41) is 4.70. The van der Waals surface area contributed by atoms with E-state index in [-0.39, 0.29) is 0 Å². The maximum Gasteiger partial charge on any atom is 0.134 e. The van der Waals surface area contributed by atoms with Crippen LogP contribution in [-0.4, -0.2) is 6.04 Å². The highest BCUT2D eigenvalue weighted by atomic mass is 32.1. The van der Waals surface area contributed by atoms with Gasteiger partial charge >= 0.3 is 0 Å². The number of thiophene rings is 1. The molecule has 1 atom stereocenters. The van der Waals surface area contributed by atoms with Gasteiger partial charge in [-0.2, -0.15) is 0 Å². The van der Waals surface area contributed by atoms with Crippen molar-refractivity contribution >= 4 is 22.3 Å². The van der Waals surface area contributed by atoms with Gasteiger partial charge in [0.1, 0.15) is 11.3 Å². The number of aryl methyl sites for hydroxylation is 1. The van der Waals surface area contributed by atoms with Crippen molar-refractivity contribution in [3.8, 4) is 0 Å². The fourth-order valence-electron chi connectivity index (χ4n) is 2.37. The maximum absolute atomic E-state index is 5.81. The van der Waals surface area contributed by atoms with Crippen LogP contribution in [0.3, 0.4) is 0 Å². The lowest BCUT2D eigenvalue weighted by atomic mass is 10.2. The first-order chi connectivity index (χ1) is 9.70. The number of hydrogen-bond donors (Lipinski definition) is 1. The first-order valence-corrected chi connectivity index (χ1v) is 7.78. The fraction of sp³-hybridized carbons (Fsp3) is 0.294. The SMILES string of the molecule is Cc1ccc(CC(C)NCc2cc3ccccc3o2)s1. The topological polar surface area (TPSA) is 25.2 Å². The van der Waals surface area contributed by atoms with E-state index in [9.17, 15) is 0 Å². The molecule has 2 nitrogen and oxygen atoms in total. The molecule has 0 amide bonds. The number of rotatable bonds is 5. The van der Waals surface area contributed by atoms with E-state index in [2.05, 4.69) is 43.4 Å². The predicted octanol–water partition coefficient (Wildman–Crippen LogP) is 4.52. The van der Waals surface area contributed by atoms with Crippen molar-refractivity contribution in [1.29, 1.82) is 0 Å². The van der Waals surface area contributed by atoms with Crippen LogP contribution in [-0.2, 0) is 13.0 Å². The van der Waals surface area contributed by atoms with E-state index >= 15 is 0 Å². The quantitative estimate of drug-likeness (QED) is 0.745. The van der Waals surface area contributed by atoms with Gasteiger partial charge in [0.15, 0.2) is 0 Å². The van der Waals surface area contributed by atoms with Gasteiger partial charge in [-0.3, -0.25) is 0 Å². The van der Waals surface area contributed by atoms with Crippen molar-refractivity contribution in [3.05, 3.63) is 58.0 Å². The third-order valence-electron chi connectivity index (χ3n) is 3.40. The molecule has 0 fully saturated rings. The molecule has 1 unspecified atom stereocenters. The zero-order valence-electron chi connectivity index (χ0n) is 11.8. The lowest BCUT2D eigenvalue weighted by Crippen LogP contribution is -2.27. The lowest BCUT2D eigenvalue weighted by molar-refractivity contribution is 0.474. The van der Waals surface area contributed by atoms with Crippen LogP contribution in [0.15, 0.2) is 46.9 Å². The molecule has 0 bridgehead atoms. The Morgan fingerprint density at radius 1 is 1.20 bits per heavy atom. The minimum atomic E-state index is 0.446. The summed E-state index contributed by atoms with van der Waals surface area (Å²) in [7, 11) is 0. The second kappa shape index (κ2) is 5.81. The predicted molar refractivity (Wildman–Crippen MR) is 85.3 cm³/mol. The van der Waals surface area contributed by atoms with Crippen molar-refractivity contribution in [1.82, 2.24) is 5.32 Å². The fourth-order valence-corrected chi connectivity index (χ4v) is 3.39. The van der Waals surface area contributed by atoms with Gasteiger partial charge in [-0.05, 0) is 44.5 Å². The third-order valence-corrected chi connectivity index (χ3v) is 4.43. The first-order valence-electron chi connectivity index (χ1n) is 6.97. The largest absolute Gasteiger partial charge is 0.460 e. The van der Waals surface area contributed by atoms with Crippen LogP contribution < -0.4 is 5.32 Å². The summed E-state index contributed by atoms with van der Waals surface area (Å²) in [4.78, 5) is 2.82. The Bertz CT molecular complexity index is 665. The molecule has 0 aliphatic carbocycles. The van der Waals surface area contributed by atoms with Crippen LogP contribution in [0.25, 0.3) is 11.0 Å². The van der Waals surface area contributed by atoms with Crippen molar-refractivity contribution in [2.75, 3.05) is 0 Å². The van der Waals surface area contributed by atoms with Crippen LogP contribution in [0.2, 0.25) is 0 Å². The summed E-state index contributed by atoms with van der Waals surface area (Å²) in [6.07, 6.45) is 1.07. The van der Waals surface area contributed by atoms with Gasteiger partial charge in [0.2, 0.25) is 0 Å². The number of nitrogens with one attached hydrogen (secondary N) is 1. The van der Waals surface area contributed by atoms with E-state index in [1.165, 1.54) is 15.1 Å². The molecule has 2 aromatic heterocycles. The number of para-hydroxylation sites is 1. The van der Waals surface area contributed by atoms with Gasteiger partial charge in [0.05, 0.1) is 6.54 Å². The highest BCUT2D eigenvalue weighted by Crippen LogP contribution is 2.19. The minimum absolute atomic E-state index is 0.446. The van der Waals surface area contributed by atoms with Crippen LogP contribution in [0, 0.1) is 6.92 Å². The Hall–Kier alpha value is -1.58. The van der Waals surface area contributed by atoms with E-state index < -0.39 is 0 Å². The molecule has 3 heteroatoms. The van der Waals surface area contributed by atoms with Gasteiger partial charge in [-0.1, -0.05) is 18.2 Å². The van der Waals surface area contributed by atoms with Crippen LogP contribution in [0.1, 0.15) is 22.4 Å². The number of hydrogen-bond acceptors (Lipinski definition) is 3. The number of fused-ring (bicyclic) bond motifs is 1. The highest BCUT2D eigenvalue weighted by molar-refractivity contribution is 7.11. The number of benzene rings is 1. The van der Waals surface area contributed by atoms with E-state index in [1.807, 2.05) is 29.5 Å². The van der Waals surface area contributed by atoms with Gasteiger partial charge in [-0.15, -0.1) is 11.3 Å². The molecule has 0 aliphatic rings. The van der Waals surface area contributed by atoms with E-state index in [4.69, 9.17) is 4.42 Å². The number of furan rings is 1. The zero-order valence-corrected chi connectivity index (χ0v) is 12.7. The Kier molecular flexibility index (Phi) is 3.90. The summed E-state index contributed by atoms with van der Waals surface area (Å²) >= 11 is 1.88. The molecular formula is C17H19NOS. The molecule has 0 aliphatic heterocycles. The van der Waals surface area contributed by atoms with Crippen LogP contribution in [0.5, 0.6) is 0 Å². The third kappa shape index (κ3) is 3.11. The first kappa shape index (κ1) is 13.4. The molecule has 0 radical (unpaired) electrons. The average Bonchev–Trinajstić information content (AvgIpc) is 3.02. The van der Waals surface area contributed by atoms with E-state index in [1.54, 1.807) is 0 Å². The second-order valence-corrected chi connectivity index (χ2v) is 6.62. The monoisotopic (exact) mass is 285 g/mol. The maximum atomic E-state index is 5.81. The summed E-state index contributed by atoms with van der Waals surface area (Å²) in [6, 6.07) is 15.1. The van der Waals surface area contributed by atoms with Crippen molar-refractivity contribution in [3.63, 3.8) is 0 Å². The Balaban J connectivity index is 1.58. The zero-order chi connectivity index (χ0) is 13.9. The Morgan fingerprint density at radius 3 is 2.80 bits per heavy atom. The average molecular weight is 285 g/mol. The molecule has 0 saturated heterocycles. The summed E-state index contributed by atoms with van der Waals surface area (Å²) in [5.74, 6) is 1.00. The summed E-state index contributed by atoms with van der Waals surface area (Å²) < 4.78 is 5.81. The molecule has 2 heterocycles. The standard InChI is InChI=1S/C17H19NOS/c1-12(9-16-8-7-13(2)20-16)18-11-15-10-14-5-3-4-6-17(14)19-15/h3-8,10,12,18H,9,11H2,1-2H3. The Labute approximate surface area is 123 Å². The van der Waals surface area contributed by atoms with Crippen molar-refractivity contribution in [2.45, 2.75) is 32.9 Å². The molecule has 20 heavy (non-hydrogen) atoms. The van der Waals surface area contributed by atoms with Gasteiger partial charge < -0.3 is 9.73 Å². The van der Waals surface area contributed by atoms with Crippen LogP contribution >= 0.6 is 11.3 Å². The molecule has 1 aromatic carbocycles. The van der Waals surface area contributed by atoms with Crippen LogP contribution in [0.4, 0.5) is 0 Å². The molecular weight excluding hydrogens is 266 g/mol. The molecule has 104 valence electrons. The highest BCUT2D eigenvalue weighted by Gasteiger charge is 2.07. The molecule has 3 aromatic rings. The van der Waals surface area contributed by atoms with Gasteiger partial charge in [0, 0.05) is 21.2 Å². The molecule has 0 saturated carbocycles. The summed E-state index contributed by atoms with van der Waals surface area (Å²) in [6.45, 7) is 5.15. The summed E-state index contributed by atoms with van der Waals surface area (Å²) in [5.41, 5.74) is 0.964. The van der Waals surface area contributed by atoms with E-state index in [0.29, 0.717) is 6.04 Å². The lowest BCUT2D eigenvalue weighted by Gasteiger charge is -2.11. The van der Waals surface area contributed by atoms with Gasteiger partial charge in [0.25, 0.3) is 0 Å². The van der Waals surface area contributed by atoms with Crippen molar-refractivity contribution in [2.24, 2.45) is 0 Å².